The van der Waals surface area contributed by atoms with E-state index in [4.69, 9.17) is 5.11 Å². The van der Waals surface area contributed by atoms with Crippen LogP contribution in [0.15, 0.2) is 36.5 Å². The zero-order chi connectivity index (χ0) is 27.1. The molecule has 0 aliphatic rings. The zero-order valence-electron chi connectivity index (χ0n) is 18.8. The fourth-order valence-electron chi connectivity index (χ4n) is 2.17. The summed E-state index contributed by atoms with van der Waals surface area (Å²) in [6, 6.07) is 0. The summed E-state index contributed by atoms with van der Waals surface area (Å²) in [5.74, 6) is -20.9. The highest BCUT2D eigenvalue weighted by atomic mass is 19.3. The molecule has 2 unspecified atom stereocenters. The molecule has 194 valence electrons. The van der Waals surface area contributed by atoms with Gasteiger partial charge in [0.1, 0.15) is 18.8 Å². The van der Waals surface area contributed by atoms with Gasteiger partial charge in [-0.3, -0.25) is 0 Å². The number of rotatable bonds is 14. The molecule has 0 aliphatic heterocycles. The maximum atomic E-state index is 14.4. The number of hydrogen-bond acceptors (Lipinski definition) is 7. The van der Waals surface area contributed by atoms with Gasteiger partial charge in [-0.25, -0.2) is 14.4 Å². The molecule has 0 aliphatic carbocycles. The molecule has 0 saturated heterocycles. The van der Waals surface area contributed by atoms with E-state index in [2.05, 4.69) is 33.9 Å². The summed E-state index contributed by atoms with van der Waals surface area (Å²) in [5, 5.41) is 9.06. The van der Waals surface area contributed by atoms with Gasteiger partial charge in [0.25, 0.3) is 0 Å². The van der Waals surface area contributed by atoms with Crippen LogP contribution in [0.2, 0.25) is 0 Å². The Morgan fingerprint density at radius 1 is 0.735 bits per heavy atom. The highest BCUT2D eigenvalue weighted by Gasteiger charge is 2.72. The van der Waals surface area contributed by atoms with Gasteiger partial charge in [-0.15, -0.1) is 0 Å². The van der Waals surface area contributed by atoms with Crippen LogP contribution < -0.4 is 0 Å². The van der Waals surface area contributed by atoms with Crippen molar-refractivity contribution < 1.29 is 60.0 Å². The first-order valence-corrected chi connectivity index (χ1v) is 9.59. The maximum absolute atomic E-state index is 14.4. The second-order valence-electron chi connectivity index (χ2n) is 7.57. The van der Waals surface area contributed by atoms with Gasteiger partial charge in [0.2, 0.25) is 0 Å². The van der Waals surface area contributed by atoms with Crippen molar-refractivity contribution in [2.75, 3.05) is 13.2 Å². The van der Waals surface area contributed by atoms with Gasteiger partial charge >= 0.3 is 35.7 Å². The van der Waals surface area contributed by atoms with E-state index in [0.717, 1.165) is 13.8 Å². The number of alkyl halides is 6. The number of hydrogen-bond donors (Lipinski definition) is 1. The zero-order valence-corrected chi connectivity index (χ0v) is 18.8. The Morgan fingerprint density at radius 3 is 1.44 bits per heavy atom. The molecule has 0 aromatic heterocycles. The van der Waals surface area contributed by atoms with E-state index in [1.165, 1.54) is 6.92 Å². The molecule has 0 saturated carbocycles. The lowest BCUT2D eigenvalue weighted by Crippen LogP contribution is -2.57. The Balaban J connectivity index is 5.79. The lowest BCUT2D eigenvalue weighted by molar-refractivity contribution is -0.321. The largest absolute Gasteiger partial charge is 0.458 e. The minimum Gasteiger partial charge on any atom is -0.458 e. The third-order valence-corrected chi connectivity index (χ3v) is 4.08. The molecule has 0 aromatic carbocycles. The van der Waals surface area contributed by atoms with Crippen LogP contribution in [-0.4, -0.2) is 66.2 Å². The number of aliphatic hydroxyl groups is 1. The minimum absolute atomic E-state index is 0.201. The number of halogens is 6. The Kier molecular flexibility index (Phi) is 11.0. The molecule has 0 amide bonds. The average molecular weight is 504 g/mol. The Hall–Kier alpha value is -2.83. The first-order valence-electron chi connectivity index (χ1n) is 9.59. The van der Waals surface area contributed by atoms with Crippen molar-refractivity contribution in [2.24, 2.45) is 0 Å². The highest BCUT2D eigenvalue weighted by molar-refractivity contribution is 5.88. The smallest absolute Gasteiger partial charge is 0.372 e. The summed E-state index contributed by atoms with van der Waals surface area (Å²) in [6.45, 7) is 10.4. The van der Waals surface area contributed by atoms with Crippen molar-refractivity contribution in [2.45, 2.75) is 63.6 Å². The monoisotopic (exact) mass is 504 g/mol. The van der Waals surface area contributed by atoms with Crippen molar-refractivity contribution in [3.63, 3.8) is 0 Å². The van der Waals surface area contributed by atoms with Gasteiger partial charge in [0, 0.05) is 16.7 Å². The topological polar surface area (TPSA) is 99.1 Å². The third kappa shape index (κ3) is 8.50. The molecular weight excluding hydrogens is 478 g/mol. The summed E-state index contributed by atoms with van der Waals surface area (Å²) in [5.41, 5.74) is -0.847. The van der Waals surface area contributed by atoms with Crippen LogP contribution in [0.3, 0.4) is 0 Å². The van der Waals surface area contributed by atoms with Crippen LogP contribution in [0, 0.1) is 0 Å². The predicted molar refractivity (Wildman–Crippen MR) is 106 cm³/mol. The van der Waals surface area contributed by atoms with E-state index >= 15 is 0 Å². The normalized spacial score (nSPS) is 13.9. The van der Waals surface area contributed by atoms with E-state index in [1.807, 2.05) is 0 Å². The van der Waals surface area contributed by atoms with Crippen molar-refractivity contribution in [3.05, 3.63) is 36.5 Å². The molecule has 0 spiro atoms. The molecule has 13 heteroatoms. The molecule has 2 atom stereocenters. The summed E-state index contributed by atoms with van der Waals surface area (Å²) < 4.78 is 99.5. The molecule has 0 heterocycles. The first-order chi connectivity index (χ1) is 15.3. The third-order valence-electron chi connectivity index (χ3n) is 4.08. The van der Waals surface area contributed by atoms with Crippen LogP contribution in [0.4, 0.5) is 26.3 Å². The van der Waals surface area contributed by atoms with Crippen LogP contribution >= 0.6 is 0 Å². The van der Waals surface area contributed by atoms with Gasteiger partial charge in [-0.1, -0.05) is 19.7 Å². The van der Waals surface area contributed by atoms with Gasteiger partial charge in [0.05, 0.1) is 19.4 Å². The van der Waals surface area contributed by atoms with Gasteiger partial charge in [0.15, 0.2) is 0 Å². The minimum atomic E-state index is -6.07. The first kappa shape index (κ1) is 31.2. The second-order valence-corrected chi connectivity index (χ2v) is 7.57. The van der Waals surface area contributed by atoms with Crippen LogP contribution in [0.5, 0.6) is 0 Å². The van der Waals surface area contributed by atoms with Gasteiger partial charge in [-0.2, -0.15) is 26.3 Å². The number of carbonyl (C=O) groups is 3. The summed E-state index contributed by atoms with van der Waals surface area (Å²) in [6.07, 6.45) is -8.85. The van der Waals surface area contributed by atoms with E-state index < -0.39 is 73.9 Å². The van der Waals surface area contributed by atoms with Crippen LogP contribution in [0.1, 0.15) is 33.6 Å². The molecule has 1 N–H and O–H groups in total. The molecule has 7 nitrogen and oxygen atoms in total. The molecule has 0 aromatic rings. The average Bonchev–Trinajstić information content (AvgIpc) is 2.69. The van der Waals surface area contributed by atoms with E-state index in [0.29, 0.717) is 0 Å². The molecule has 0 rings (SSSR count). The fourth-order valence-corrected chi connectivity index (χ4v) is 2.17. The maximum Gasteiger partial charge on any atom is 0.372 e. The lowest BCUT2D eigenvalue weighted by Gasteiger charge is -2.35. The molecule has 0 bridgehead atoms. The molecule has 0 radical (unpaired) electrons. The Morgan fingerprint density at radius 2 is 1.09 bits per heavy atom. The summed E-state index contributed by atoms with van der Waals surface area (Å²) in [4.78, 5) is 34.5. The molecular formula is C21H26F6O7. The van der Waals surface area contributed by atoms with Crippen molar-refractivity contribution in [1.29, 1.82) is 0 Å². The van der Waals surface area contributed by atoms with Gasteiger partial charge in [-0.05, 0) is 20.8 Å². The molecule has 34 heavy (non-hydrogen) atoms. The number of carbonyl (C=O) groups excluding carboxylic acids is 3. The van der Waals surface area contributed by atoms with Crippen molar-refractivity contribution in [3.8, 4) is 0 Å². The van der Waals surface area contributed by atoms with E-state index in [9.17, 15) is 40.7 Å². The number of ether oxygens (including phenoxy) is 3. The Labute approximate surface area is 192 Å². The Bertz CT molecular complexity index is 822. The van der Waals surface area contributed by atoms with Crippen LogP contribution in [0.25, 0.3) is 0 Å². The quantitative estimate of drug-likeness (QED) is 0.166. The standard InChI is InChI=1S/C21H26F6O7/c1-11(2)16(29)32-10-15(34-18(31)13(5)6)8-20(24,25)21(26,27)19(22,23)7-14(9-28)33-17(30)12(3)4/h14-15,28H,1,3,5,7-10H2,2,4,6H3. The highest BCUT2D eigenvalue weighted by Crippen LogP contribution is 2.50. The molecule has 0 fully saturated rings. The fraction of sp³-hybridized carbons (Fsp3) is 0.571. The van der Waals surface area contributed by atoms with Gasteiger partial charge < -0.3 is 19.3 Å². The van der Waals surface area contributed by atoms with Crippen molar-refractivity contribution in [1.82, 2.24) is 0 Å². The second kappa shape index (κ2) is 12.0. The number of esters is 3. The summed E-state index contributed by atoms with van der Waals surface area (Å²) in [7, 11) is 0. The van der Waals surface area contributed by atoms with Crippen LogP contribution in [-0.2, 0) is 28.6 Å². The van der Waals surface area contributed by atoms with Crippen molar-refractivity contribution >= 4 is 17.9 Å². The van der Waals surface area contributed by atoms with E-state index in [-0.39, 0.29) is 16.7 Å². The SMILES string of the molecule is C=C(C)C(=O)OCC(CC(F)(F)C(F)(F)C(F)(F)CC(CO)OC(=O)C(=C)C)OC(=O)C(=C)C. The lowest BCUT2D eigenvalue weighted by atomic mass is 9.95. The predicted octanol–water partition coefficient (Wildman–Crippen LogP) is 3.76. The summed E-state index contributed by atoms with van der Waals surface area (Å²) >= 11 is 0. The van der Waals surface area contributed by atoms with E-state index in [1.54, 1.807) is 0 Å². The number of aliphatic hydroxyl groups excluding tert-OH is 1.